The highest BCUT2D eigenvalue weighted by molar-refractivity contribution is 7.10. The zero-order chi connectivity index (χ0) is 17.3. The Balaban J connectivity index is 1.49. The molecule has 2 aromatic rings. The minimum atomic E-state index is -0.285. The van der Waals surface area contributed by atoms with Crippen molar-refractivity contribution >= 4 is 17.2 Å². The molecule has 4 rings (SSSR count). The molecule has 0 radical (unpaired) electrons. The second-order valence-corrected chi connectivity index (χ2v) is 8.03. The Morgan fingerprint density at radius 3 is 3.00 bits per heavy atom. The average Bonchev–Trinajstić information content (AvgIpc) is 3.41. The van der Waals surface area contributed by atoms with Crippen molar-refractivity contribution in [3.05, 3.63) is 34.3 Å². The van der Waals surface area contributed by atoms with E-state index in [4.69, 9.17) is 4.74 Å². The number of hydrogen-bond donors (Lipinski definition) is 0. The normalized spacial score (nSPS) is 22.6. The van der Waals surface area contributed by atoms with Crippen LogP contribution in [0.25, 0.3) is 0 Å². The van der Waals surface area contributed by atoms with E-state index < -0.39 is 0 Å². The molecule has 1 saturated heterocycles. The van der Waals surface area contributed by atoms with E-state index in [1.807, 2.05) is 15.8 Å². The van der Waals surface area contributed by atoms with Crippen molar-refractivity contribution < 1.29 is 9.53 Å². The molecule has 0 N–H and O–H groups in total. The summed E-state index contributed by atoms with van der Waals surface area (Å²) in [5.74, 6) is 0.312. The minimum Gasteiger partial charge on any atom is -0.378 e. The van der Waals surface area contributed by atoms with E-state index in [-0.39, 0.29) is 11.5 Å². The first-order chi connectivity index (χ1) is 12.2. The summed E-state index contributed by atoms with van der Waals surface area (Å²) >= 11 is 1.72. The first-order valence-electron chi connectivity index (χ1n) is 8.96. The summed E-state index contributed by atoms with van der Waals surface area (Å²) in [7, 11) is 1.65. The van der Waals surface area contributed by atoms with Crippen LogP contribution in [0.15, 0.2) is 23.7 Å². The van der Waals surface area contributed by atoms with Crippen LogP contribution in [0.1, 0.15) is 48.7 Å². The number of carbonyl (C=O) groups excluding carboxylic acids is 1. The van der Waals surface area contributed by atoms with Gasteiger partial charge in [0.1, 0.15) is 5.69 Å². The Hall–Kier alpha value is -1.73. The molecule has 2 aromatic heterocycles. The van der Waals surface area contributed by atoms with Crippen molar-refractivity contribution in [2.75, 3.05) is 20.2 Å². The Bertz CT molecular complexity index is 721. The molecule has 2 aliphatic rings. The van der Waals surface area contributed by atoms with E-state index in [2.05, 4.69) is 27.8 Å². The SMILES string of the molecule is COCc1cn([C@@H]2CCN(C(=O)C3(c4cccs4)CCCC3)C2)nn1. The van der Waals surface area contributed by atoms with Gasteiger partial charge in [0, 0.05) is 25.1 Å². The number of hydrogen-bond acceptors (Lipinski definition) is 5. The van der Waals surface area contributed by atoms with Crippen molar-refractivity contribution in [1.29, 1.82) is 0 Å². The van der Waals surface area contributed by atoms with Gasteiger partial charge in [0.05, 0.1) is 24.3 Å². The molecule has 0 aromatic carbocycles. The van der Waals surface area contributed by atoms with Gasteiger partial charge in [0.25, 0.3) is 0 Å². The van der Waals surface area contributed by atoms with Crippen molar-refractivity contribution in [2.24, 2.45) is 0 Å². The summed E-state index contributed by atoms with van der Waals surface area (Å²) in [6, 6.07) is 4.41. The smallest absolute Gasteiger partial charge is 0.234 e. The van der Waals surface area contributed by atoms with Crippen LogP contribution in [-0.2, 0) is 21.6 Å². The Morgan fingerprint density at radius 1 is 1.44 bits per heavy atom. The predicted octanol–water partition coefficient (Wildman–Crippen LogP) is 2.77. The molecule has 2 fully saturated rings. The van der Waals surface area contributed by atoms with Crippen LogP contribution in [0.5, 0.6) is 0 Å². The van der Waals surface area contributed by atoms with E-state index >= 15 is 0 Å². The molecular weight excluding hydrogens is 336 g/mol. The highest BCUT2D eigenvalue weighted by atomic mass is 32.1. The average molecular weight is 360 g/mol. The zero-order valence-electron chi connectivity index (χ0n) is 14.6. The van der Waals surface area contributed by atoms with E-state index in [1.165, 1.54) is 4.88 Å². The lowest BCUT2D eigenvalue weighted by atomic mass is 9.83. The molecule has 7 heteroatoms. The van der Waals surface area contributed by atoms with Crippen LogP contribution in [0, 0.1) is 0 Å². The quantitative estimate of drug-likeness (QED) is 0.823. The lowest BCUT2D eigenvalue weighted by Gasteiger charge is -2.31. The van der Waals surface area contributed by atoms with Gasteiger partial charge >= 0.3 is 0 Å². The van der Waals surface area contributed by atoms with Gasteiger partial charge in [-0.25, -0.2) is 4.68 Å². The summed E-state index contributed by atoms with van der Waals surface area (Å²) in [5.41, 5.74) is 0.547. The summed E-state index contributed by atoms with van der Waals surface area (Å²) in [6.45, 7) is 1.99. The van der Waals surface area contributed by atoms with Crippen molar-refractivity contribution in [1.82, 2.24) is 19.9 Å². The van der Waals surface area contributed by atoms with Gasteiger partial charge in [-0.1, -0.05) is 24.1 Å². The lowest BCUT2D eigenvalue weighted by Crippen LogP contribution is -2.44. The minimum absolute atomic E-state index is 0.212. The Morgan fingerprint density at radius 2 is 2.28 bits per heavy atom. The first-order valence-corrected chi connectivity index (χ1v) is 9.84. The van der Waals surface area contributed by atoms with Crippen molar-refractivity contribution in [3.63, 3.8) is 0 Å². The van der Waals surface area contributed by atoms with Gasteiger partial charge < -0.3 is 9.64 Å². The van der Waals surface area contributed by atoms with Gasteiger partial charge in [-0.05, 0) is 30.7 Å². The summed E-state index contributed by atoms with van der Waals surface area (Å²) in [4.78, 5) is 16.7. The number of likely N-dealkylation sites (tertiary alicyclic amines) is 1. The maximum atomic E-state index is 13.4. The number of ether oxygens (including phenoxy) is 1. The van der Waals surface area contributed by atoms with Crippen LogP contribution in [0.4, 0.5) is 0 Å². The monoisotopic (exact) mass is 360 g/mol. The van der Waals surface area contributed by atoms with E-state index in [0.717, 1.165) is 50.9 Å². The number of carbonyl (C=O) groups is 1. The van der Waals surface area contributed by atoms with Crippen LogP contribution in [0.3, 0.4) is 0 Å². The molecule has 0 bridgehead atoms. The number of amides is 1. The molecule has 1 aliphatic heterocycles. The molecule has 25 heavy (non-hydrogen) atoms. The van der Waals surface area contributed by atoms with E-state index in [9.17, 15) is 4.79 Å². The van der Waals surface area contributed by atoms with Crippen LogP contribution in [0.2, 0.25) is 0 Å². The zero-order valence-corrected chi connectivity index (χ0v) is 15.4. The van der Waals surface area contributed by atoms with Crippen LogP contribution >= 0.6 is 11.3 Å². The third-order valence-corrected chi connectivity index (χ3v) is 6.61. The fraction of sp³-hybridized carbons (Fsp3) is 0.611. The van der Waals surface area contributed by atoms with Crippen LogP contribution < -0.4 is 0 Å². The number of nitrogens with zero attached hydrogens (tertiary/aromatic N) is 4. The van der Waals surface area contributed by atoms with Crippen LogP contribution in [-0.4, -0.2) is 46.0 Å². The number of aromatic nitrogens is 3. The molecule has 1 saturated carbocycles. The van der Waals surface area contributed by atoms with E-state index in [1.54, 1.807) is 18.4 Å². The van der Waals surface area contributed by atoms with Gasteiger partial charge in [-0.2, -0.15) is 0 Å². The fourth-order valence-corrected chi connectivity index (χ4v) is 5.22. The van der Waals surface area contributed by atoms with E-state index in [0.29, 0.717) is 12.5 Å². The van der Waals surface area contributed by atoms with Gasteiger partial charge in [-0.3, -0.25) is 4.79 Å². The number of methoxy groups -OCH3 is 1. The Kier molecular flexibility index (Phi) is 4.60. The Labute approximate surface area is 151 Å². The molecular formula is C18H24N4O2S. The standard InChI is InChI=1S/C18H24N4O2S/c1-24-13-14-11-22(20-19-14)15-6-9-21(12-15)17(23)18(7-2-3-8-18)16-5-4-10-25-16/h4-5,10-11,15H,2-3,6-9,12-13H2,1H3/t15-/m1/s1. The van der Waals surface area contributed by atoms with Crippen molar-refractivity contribution in [3.8, 4) is 0 Å². The maximum absolute atomic E-state index is 13.4. The second kappa shape index (κ2) is 6.88. The summed E-state index contributed by atoms with van der Waals surface area (Å²) < 4.78 is 7.00. The van der Waals surface area contributed by atoms with Crippen molar-refractivity contribution in [2.45, 2.75) is 50.2 Å². The largest absolute Gasteiger partial charge is 0.378 e. The predicted molar refractivity (Wildman–Crippen MR) is 95.4 cm³/mol. The summed E-state index contributed by atoms with van der Waals surface area (Å²) in [5, 5.41) is 10.4. The van der Waals surface area contributed by atoms with Gasteiger partial charge in [0.2, 0.25) is 5.91 Å². The van der Waals surface area contributed by atoms with Gasteiger partial charge in [0.15, 0.2) is 0 Å². The number of thiophene rings is 1. The molecule has 0 spiro atoms. The third kappa shape index (κ3) is 3.00. The maximum Gasteiger partial charge on any atom is 0.234 e. The lowest BCUT2D eigenvalue weighted by molar-refractivity contribution is -0.136. The molecule has 6 nitrogen and oxygen atoms in total. The van der Waals surface area contributed by atoms with Gasteiger partial charge in [-0.15, -0.1) is 16.4 Å². The second-order valence-electron chi connectivity index (χ2n) is 7.08. The third-order valence-electron chi connectivity index (χ3n) is 5.53. The molecule has 1 atom stereocenters. The molecule has 3 heterocycles. The highest BCUT2D eigenvalue weighted by Crippen LogP contribution is 2.45. The first kappa shape index (κ1) is 16.7. The topological polar surface area (TPSA) is 60.2 Å². The molecule has 1 amide bonds. The molecule has 0 unspecified atom stereocenters. The molecule has 134 valence electrons. The fourth-order valence-electron chi connectivity index (χ4n) is 4.25. The highest BCUT2D eigenvalue weighted by Gasteiger charge is 2.47. The number of rotatable bonds is 5. The summed E-state index contributed by atoms with van der Waals surface area (Å²) in [6.07, 6.45) is 7.12. The molecule has 1 aliphatic carbocycles.